The van der Waals surface area contributed by atoms with Gasteiger partial charge < -0.3 is 10.0 Å². The van der Waals surface area contributed by atoms with Crippen LogP contribution in [0.3, 0.4) is 0 Å². The van der Waals surface area contributed by atoms with Crippen molar-refractivity contribution in [3.8, 4) is 5.69 Å². The molecule has 1 N–H and O–H groups in total. The van der Waals surface area contributed by atoms with Gasteiger partial charge in [0.2, 0.25) is 0 Å². The summed E-state index contributed by atoms with van der Waals surface area (Å²) in [6.45, 7) is 2.98. The summed E-state index contributed by atoms with van der Waals surface area (Å²) < 4.78 is 1.74. The number of amides is 1. The maximum atomic E-state index is 12.7. The number of pyridine rings is 1. The van der Waals surface area contributed by atoms with Crippen molar-refractivity contribution in [2.45, 2.75) is 25.9 Å². The van der Waals surface area contributed by atoms with Gasteiger partial charge in [-0.05, 0) is 31.9 Å². The van der Waals surface area contributed by atoms with Crippen molar-refractivity contribution in [3.05, 3.63) is 42.0 Å². The van der Waals surface area contributed by atoms with Crippen molar-refractivity contribution < 1.29 is 9.90 Å². The van der Waals surface area contributed by atoms with Gasteiger partial charge in [-0.15, -0.1) is 0 Å². The van der Waals surface area contributed by atoms with E-state index >= 15 is 0 Å². The van der Waals surface area contributed by atoms with E-state index in [1.165, 1.54) is 0 Å². The predicted molar refractivity (Wildman–Crippen MR) is 79.7 cm³/mol. The maximum absolute atomic E-state index is 12.7. The predicted octanol–water partition coefficient (Wildman–Crippen LogP) is 1.17. The zero-order valence-electron chi connectivity index (χ0n) is 12.4. The van der Waals surface area contributed by atoms with Crippen LogP contribution in [0.2, 0.25) is 0 Å². The number of rotatable bonds is 2. The van der Waals surface area contributed by atoms with Crippen molar-refractivity contribution in [1.29, 1.82) is 0 Å². The largest absolute Gasteiger partial charge is 0.391 e. The molecule has 0 radical (unpaired) electrons. The molecule has 114 valence electrons. The van der Waals surface area contributed by atoms with Crippen molar-refractivity contribution >= 4 is 5.91 Å². The summed E-state index contributed by atoms with van der Waals surface area (Å²) in [4.78, 5) is 18.5. The highest BCUT2D eigenvalue weighted by Crippen LogP contribution is 2.52. The van der Waals surface area contributed by atoms with Crippen LogP contribution in [0.5, 0.6) is 0 Å². The number of hydrogen-bond acceptors (Lipinski definition) is 4. The number of likely N-dealkylation sites (tertiary alicyclic amines) is 1. The molecular formula is C16H18N4O2. The quantitative estimate of drug-likeness (QED) is 0.903. The van der Waals surface area contributed by atoms with Crippen molar-refractivity contribution in [3.63, 3.8) is 0 Å². The molecule has 6 heteroatoms. The zero-order valence-corrected chi connectivity index (χ0v) is 12.4. The lowest BCUT2D eigenvalue weighted by Gasteiger charge is -2.15. The molecule has 1 amide bonds. The van der Waals surface area contributed by atoms with E-state index in [4.69, 9.17) is 0 Å². The Kier molecular flexibility index (Phi) is 2.84. The Hall–Kier alpha value is -2.21. The van der Waals surface area contributed by atoms with E-state index in [0.29, 0.717) is 18.7 Å². The van der Waals surface area contributed by atoms with Crippen LogP contribution in [0.4, 0.5) is 0 Å². The summed E-state index contributed by atoms with van der Waals surface area (Å²) in [6.07, 6.45) is 6.67. The van der Waals surface area contributed by atoms with Gasteiger partial charge in [-0.3, -0.25) is 9.78 Å². The number of carbonyl (C=O) groups excluding carboxylic acids is 1. The number of hydrogen-bond donors (Lipinski definition) is 1. The van der Waals surface area contributed by atoms with Gasteiger partial charge in [-0.1, -0.05) is 0 Å². The Bertz CT molecular complexity index is 721. The summed E-state index contributed by atoms with van der Waals surface area (Å²) in [5.41, 5.74) is 2.26. The minimum absolute atomic E-state index is 0.0232. The standard InChI is InChI=1S/C16H18N4O2/c1-11-13(8-18-20(11)12-2-6-17-7-3-12)15(22)19-9-14(21)16(10-19)4-5-16/h2-3,6-8,14,21H,4-5,9-10H2,1H3. The average molecular weight is 298 g/mol. The van der Waals surface area contributed by atoms with E-state index < -0.39 is 0 Å². The van der Waals surface area contributed by atoms with E-state index in [1.807, 2.05) is 19.1 Å². The number of β-amino-alcohol motifs (C(OH)–C–C–N with tert-alkyl or cyclic N) is 1. The molecule has 2 aromatic heterocycles. The van der Waals surface area contributed by atoms with Crippen LogP contribution in [0.15, 0.2) is 30.7 Å². The molecule has 2 aromatic rings. The lowest BCUT2D eigenvalue weighted by molar-refractivity contribution is 0.0763. The normalized spacial score (nSPS) is 22.3. The average Bonchev–Trinajstić information content (AvgIpc) is 3.10. The first kappa shape index (κ1) is 13.5. The third kappa shape index (κ3) is 1.94. The maximum Gasteiger partial charge on any atom is 0.257 e. The summed E-state index contributed by atoms with van der Waals surface area (Å²) in [5.74, 6) is -0.0411. The van der Waals surface area contributed by atoms with Gasteiger partial charge in [0.25, 0.3) is 5.91 Å². The minimum atomic E-state index is -0.382. The number of nitrogens with zero attached hydrogens (tertiary/aromatic N) is 4. The number of carbonyl (C=O) groups is 1. The number of aliphatic hydroxyl groups excluding tert-OH is 1. The molecule has 1 spiro atoms. The van der Waals surface area contributed by atoms with Gasteiger partial charge in [0.05, 0.1) is 29.2 Å². The molecule has 22 heavy (non-hydrogen) atoms. The molecule has 0 aromatic carbocycles. The van der Waals surface area contributed by atoms with E-state index in [9.17, 15) is 9.90 Å². The van der Waals surface area contributed by atoms with Gasteiger partial charge in [0, 0.05) is 30.9 Å². The molecule has 2 fully saturated rings. The van der Waals surface area contributed by atoms with Crippen LogP contribution in [0.25, 0.3) is 5.69 Å². The van der Waals surface area contributed by atoms with Crippen LogP contribution in [-0.2, 0) is 0 Å². The van der Waals surface area contributed by atoms with Crippen LogP contribution < -0.4 is 0 Å². The monoisotopic (exact) mass is 298 g/mol. The molecular weight excluding hydrogens is 280 g/mol. The van der Waals surface area contributed by atoms with Crippen molar-refractivity contribution in [2.24, 2.45) is 5.41 Å². The molecule has 1 aliphatic heterocycles. The van der Waals surface area contributed by atoms with Gasteiger partial charge in [0.15, 0.2) is 0 Å². The fraction of sp³-hybridized carbons (Fsp3) is 0.438. The Morgan fingerprint density at radius 2 is 2.09 bits per heavy atom. The second-order valence-electron chi connectivity index (χ2n) is 6.32. The second-order valence-corrected chi connectivity index (χ2v) is 6.32. The Balaban J connectivity index is 1.61. The highest BCUT2D eigenvalue weighted by molar-refractivity contribution is 5.95. The van der Waals surface area contributed by atoms with E-state index in [1.54, 1.807) is 28.2 Å². The molecule has 1 saturated carbocycles. The molecule has 0 bridgehead atoms. The minimum Gasteiger partial charge on any atom is -0.391 e. The van der Waals surface area contributed by atoms with Gasteiger partial charge in [-0.2, -0.15) is 5.10 Å². The summed E-state index contributed by atoms with van der Waals surface area (Å²) in [5, 5.41) is 14.4. The lowest BCUT2D eigenvalue weighted by atomic mass is 10.0. The lowest BCUT2D eigenvalue weighted by Crippen LogP contribution is -2.30. The topological polar surface area (TPSA) is 71.2 Å². The molecule has 4 rings (SSSR count). The molecule has 1 saturated heterocycles. The summed E-state index contributed by atoms with van der Waals surface area (Å²) in [6, 6.07) is 3.71. The van der Waals surface area contributed by atoms with Crippen LogP contribution in [-0.4, -0.2) is 49.9 Å². The Morgan fingerprint density at radius 3 is 2.73 bits per heavy atom. The molecule has 1 unspecified atom stereocenters. The fourth-order valence-electron chi connectivity index (χ4n) is 3.29. The third-order valence-electron chi connectivity index (χ3n) is 4.93. The SMILES string of the molecule is Cc1c(C(=O)N2CC(O)C3(CC3)C2)cnn1-c1ccncc1. The van der Waals surface area contributed by atoms with Gasteiger partial charge >= 0.3 is 0 Å². The smallest absolute Gasteiger partial charge is 0.257 e. The van der Waals surface area contributed by atoms with Crippen LogP contribution >= 0.6 is 0 Å². The third-order valence-corrected chi connectivity index (χ3v) is 4.93. The number of aromatic nitrogens is 3. The van der Waals surface area contributed by atoms with Crippen LogP contribution in [0.1, 0.15) is 28.9 Å². The Morgan fingerprint density at radius 1 is 1.36 bits per heavy atom. The van der Waals surface area contributed by atoms with Crippen molar-refractivity contribution in [2.75, 3.05) is 13.1 Å². The highest BCUT2D eigenvalue weighted by Gasteiger charge is 2.55. The highest BCUT2D eigenvalue weighted by atomic mass is 16.3. The second kappa shape index (κ2) is 4.64. The number of aliphatic hydroxyl groups is 1. The molecule has 3 heterocycles. The first-order chi connectivity index (χ1) is 10.6. The molecule has 6 nitrogen and oxygen atoms in total. The molecule has 1 aliphatic carbocycles. The van der Waals surface area contributed by atoms with E-state index in [0.717, 1.165) is 24.2 Å². The van der Waals surface area contributed by atoms with Gasteiger partial charge in [-0.25, -0.2) is 4.68 Å². The summed E-state index contributed by atoms with van der Waals surface area (Å²) in [7, 11) is 0. The Labute approximate surface area is 128 Å². The van der Waals surface area contributed by atoms with E-state index in [-0.39, 0.29) is 17.4 Å². The molecule has 1 atom stereocenters. The van der Waals surface area contributed by atoms with Crippen LogP contribution in [0, 0.1) is 12.3 Å². The van der Waals surface area contributed by atoms with Gasteiger partial charge in [0.1, 0.15) is 0 Å². The summed E-state index contributed by atoms with van der Waals surface area (Å²) >= 11 is 0. The molecule has 2 aliphatic rings. The van der Waals surface area contributed by atoms with E-state index in [2.05, 4.69) is 10.1 Å². The first-order valence-corrected chi connectivity index (χ1v) is 7.53. The van der Waals surface area contributed by atoms with Crippen molar-refractivity contribution in [1.82, 2.24) is 19.7 Å². The fourth-order valence-corrected chi connectivity index (χ4v) is 3.29. The zero-order chi connectivity index (χ0) is 15.3. The first-order valence-electron chi connectivity index (χ1n) is 7.53.